The summed E-state index contributed by atoms with van der Waals surface area (Å²) in [5, 5.41) is 0.716. The highest BCUT2D eigenvalue weighted by Crippen LogP contribution is 2.23. The monoisotopic (exact) mass is 223 g/mol. The van der Waals surface area contributed by atoms with Gasteiger partial charge in [0.15, 0.2) is 0 Å². The number of rotatable bonds is 2. The molecule has 0 spiro atoms. The van der Waals surface area contributed by atoms with Gasteiger partial charge in [0.25, 0.3) is 0 Å². The lowest BCUT2D eigenvalue weighted by atomic mass is 10.3. The summed E-state index contributed by atoms with van der Waals surface area (Å²) in [4.78, 5) is 6.72. The van der Waals surface area contributed by atoms with Gasteiger partial charge < -0.3 is 10.6 Å². The Morgan fingerprint density at radius 1 is 1.60 bits per heavy atom. The van der Waals surface area contributed by atoms with Crippen molar-refractivity contribution in [3.63, 3.8) is 0 Å². The molecule has 1 atom stereocenters. The first-order valence-electron chi connectivity index (χ1n) is 5.31. The minimum absolute atomic E-state index is 0.520. The average Bonchev–Trinajstić information content (AvgIpc) is 2.29. The van der Waals surface area contributed by atoms with Crippen molar-refractivity contribution in [1.29, 1.82) is 0 Å². The van der Waals surface area contributed by atoms with E-state index in [0.717, 1.165) is 18.8 Å². The van der Waals surface area contributed by atoms with Crippen molar-refractivity contribution in [2.24, 2.45) is 5.73 Å². The van der Waals surface area contributed by atoms with Crippen LogP contribution >= 0.6 is 11.8 Å². The maximum Gasteiger partial charge on any atom is 0.0553 e. The first-order valence-corrected chi connectivity index (χ1v) is 6.36. The maximum absolute atomic E-state index is 5.52. The maximum atomic E-state index is 5.52. The molecule has 4 heteroatoms. The molecule has 2 N–H and O–H groups in total. The largest absolute Gasteiger partial charge is 0.368 e. The molecule has 2 heterocycles. The quantitative estimate of drug-likeness (QED) is 0.824. The smallest absolute Gasteiger partial charge is 0.0553 e. The molecule has 2 rings (SSSR count). The van der Waals surface area contributed by atoms with E-state index in [-0.39, 0.29) is 0 Å². The molecule has 1 unspecified atom stereocenters. The summed E-state index contributed by atoms with van der Waals surface area (Å²) in [6.07, 6.45) is 1.94. The van der Waals surface area contributed by atoms with E-state index in [0.29, 0.717) is 11.8 Å². The highest BCUT2D eigenvalue weighted by Gasteiger charge is 2.16. The number of thioether (sulfide) groups is 1. The van der Waals surface area contributed by atoms with E-state index in [4.69, 9.17) is 5.73 Å². The molecular formula is C11H17N3S. The Labute approximate surface area is 95.1 Å². The van der Waals surface area contributed by atoms with Crippen LogP contribution in [0.2, 0.25) is 0 Å². The van der Waals surface area contributed by atoms with Crippen molar-refractivity contribution in [3.8, 4) is 0 Å². The lowest BCUT2D eigenvalue weighted by Gasteiger charge is -2.32. The second-order valence-corrected chi connectivity index (χ2v) is 5.39. The van der Waals surface area contributed by atoms with E-state index in [1.54, 1.807) is 0 Å². The van der Waals surface area contributed by atoms with E-state index < -0.39 is 0 Å². The van der Waals surface area contributed by atoms with Crippen LogP contribution < -0.4 is 10.6 Å². The fourth-order valence-corrected chi connectivity index (χ4v) is 2.79. The second kappa shape index (κ2) is 4.86. The Hall–Kier alpha value is -0.740. The molecule has 82 valence electrons. The van der Waals surface area contributed by atoms with E-state index in [2.05, 4.69) is 22.9 Å². The fourth-order valence-electron chi connectivity index (χ4n) is 1.78. The summed E-state index contributed by atoms with van der Waals surface area (Å²) in [5.41, 5.74) is 7.70. The third-order valence-electron chi connectivity index (χ3n) is 2.62. The molecule has 1 aliphatic rings. The van der Waals surface area contributed by atoms with Gasteiger partial charge in [0.05, 0.1) is 17.6 Å². The number of pyridine rings is 1. The van der Waals surface area contributed by atoms with Crippen molar-refractivity contribution < 1.29 is 0 Å². The van der Waals surface area contributed by atoms with Gasteiger partial charge in [0, 0.05) is 30.6 Å². The zero-order valence-corrected chi connectivity index (χ0v) is 9.83. The summed E-state index contributed by atoms with van der Waals surface area (Å²) in [6, 6.07) is 4.14. The predicted octanol–water partition coefficient (Wildman–Crippen LogP) is 1.48. The number of nitrogens with zero attached hydrogens (tertiary/aromatic N) is 2. The van der Waals surface area contributed by atoms with Crippen LogP contribution in [0, 0.1) is 0 Å². The number of anilines is 1. The van der Waals surface area contributed by atoms with Crippen LogP contribution in [0.5, 0.6) is 0 Å². The number of hydrogen-bond acceptors (Lipinski definition) is 4. The molecule has 0 aliphatic carbocycles. The minimum atomic E-state index is 0.520. The van der Waals surface area contributed by atoms with Crippen LogP contribution in [0.3, 0.4) is 0 Å². The third kappa shape index (κ3) is 2.63. The van der Waals surface area contributed by atoms with Gasteiger partial charge in [0.2, 0.25) is 0 Å². The topological polar surface area (TPSA) is 42.1 Å². The molecule has 1 aromatic rings. The van der Waals surface area contributed by atoms with Gasteiger partial charge in [-0.15, -0.1) is 0 Å². The lowest BCUT2D eigenvalue weighted by Crippen LogP contribution is -2.36. The van der Waals surface area contributed by atoms with Crippen molar-refractivity contribution in [1.82, 2.24) is 4.98 Å². The Balaban J connectivity index is 2.07. The van der Waals surface area contributed by atoms with Gasteiger partial charge in [-0.1, -0.05) is 6.92 Å². The van der Waals surface area contributed by atoms with Crippen LogP contribution in [0.25, 0.3) is 0 Å². The normalized spacial score (nSPS) is 21.7. The van der Waals surface area contributed by atoms with E-state index in [1.807, 2.05) is 24.0 Å². The summed E-state index contributed by atoms with van der Waals surface area (Å²) in [7, 11) is 0. The van der Waals surface area contributed by atoms with Crippen LogP contribution in [-0.2, 0) is 6.54 Å². The van der Waals surface area contributed by atoms with Gasteiger partial charge >= 0.3 is 0 Å². The highest BCUT2D eigenvalue weighted by atomic mass is 32.2. The fraction of sp³-hybridized carbons (Fsp3) is 0.545. The van der Waals surface area contributed by atoms with Crippen molar-refractivity contribution >= 4 is 17.4 Å². The summed E-state index contributed by atoms with van der Waals surface area (Å²) in [5.74, 6) is 1.21. The number of aromatic nitrogens is 1. The van der Waals surface area contributed by atoms with E-state index in [1.165, 1.54) is 11.4 Å². The zero-order valence-electron chi connectivity index (χ0n) is 9.02. The summed E-state index contributed by atoms with van der Waals surface area (Å²) < 4.78 is 0. The van der Waals surface area contributed by atoms with Crippen LogP contribution in [0.4, 0.5) is 5.69 Å². The van der Waals surface area contributed by atoms with E-state index in [9.17, 15) is 0 Å². The lowest BCUT2D eigenvalue weighted by molar-refractivity contribution is 0.779. The first-order chi connectivity index (χ1) is 7.29. The molecular weight excluding hydrogens is 206 g/mol. The minimum Gasteiger partial charge on any atom is -0.368 e. The molecule has 0 amide bonds. The predicted molar refractivity (Wildman–Crippen MR) is 66.3 cm³/mol. The van der Waals surface area contributed by atoms with Crippen molar-refractivity contribution in [2.45, 2.75) is 18.7 Å². The van der Waals surface area contributed by atoms with Gasteiger partial charge in [-0.05, 0) is 12.1 Å². The average molecular weight is 223 g/mol. The zero-order chi connectivity index (χ0) is 10.7. The van der Waals surface area contributed by atoms with Crippen molar-refractivity contribution in [2.75, 3.05) is 23.7 Å². The Kier molecular flexibility index (Phi) is 3.49. The molecule has 0 bridgehead atoms. The summed E-state index contributed by atoms with van der Waals surface area (Å²) >= 11 is 2.04. The van der Waals surface area contributed by atoms with Gasteiger partial charge in [-0.3, -0.25) is 4.98 Å². The Morgan fingerprint density at radius 2 is 2.47 bits per heavy atom. The molecule has 1 aliphatic heterocycles. The third-order valence-corrected chi connectivity index (χ3v) is 3.76. The molecule has 0 saturated carbocycles. The number of hydrogen-bond donors (Lipinski definition) is 1. The molecule has 1 saturated heterocycles. The van der Waals surface area contributed by atoms with Crippen molar-refractivity contribution in [3.05, 3.63) is 24.0 Å². The second-order valence-electron chi connectivity index (χ2n) is 3.84. The standard InChI is InChI=1S/C11H17N3S/c1-9-8-14(4-5-15-9)11-3-2-10(6-12)13-7-11/h2-3,7,9H,4-6,8,12H2,1H3. The van der Waals surface area contributed by atoms with Gasteiger partial charge in [0.1, 0.15) is 0 Å². The van der Waals surface area contributed by atoms with Crippen LogP contribution in [0.1, 0.15) is 12.6 Å². The first kappa shape index (κ1) is 10.8. The highest BCUT2D eigenvalue weighted by molar-refractivity contribution is 8.00. The molecule has 1 fully saturated rings. The molecule has 0 radical (unpaired) electrons. The molecule has 0 aromatic carbocycles. The van der Waals surface area contributed by atoms with Gasteiger partial charge in [-0.25, -0.2) is 0 Å². The SMILES string of the molecule is CC1CN(c2ccc(CN)nc2)CCS1. The molecule has 15 heavy (non-hydrogen) atoms. The Morgan fingerprint density at radius 3 is 3.07 bits per heavy atom. The van der Waals surface area contributed by atoms with Crippen LogP contribution in [0.15, 0.2) is 18.3 Å². The Bertz CT molecular complexity index is 312. The molecule has 1 aromatic heterocycles. The van der Waals surface area contributed by atoms with Gasteiger partial charge in [-0.2, -0.15) is 11.8 Å². The number of nitrogens with two attached hydrogens (primary N) is 1. The van der Waals surface area contributed by atoms with E-state index >= 15 is 0 Å². The van der Waals surface area contributed by atoms with Crippen LogP contribution in [-0.4, -0.2) is 29.1 Å². The molecule has 3 nitrogen and oxygen atoms in total. The summed E-state index contributed by atoms with van der Waals surface area (Å²) in [6.45, 7) is 5.04.